The average Bonchev–Trinajstić information content (AvgIpc) is 3.17. The molecule has 24 heavy (non-hydrogen) atoms. The molecular formula is C22H26O2. The number of hydrogen-bond donors (Lipinski definition) is 0. The minimum Gasteiger partial charge on any atom is -0.496 e. The second-order valence-electron chi connectivity index (χ2n) is 7.18. The third kappa shape index (κ3) is 1.89. The highest BCUT2D eigenvalue weighted by atomic mass is 16.5. The van der Waals surface area contributed by atoms with E-state index in [1.54, 1.807) is 0 Å². The van der Waals surface area contributed by atoms with E-state index in [4.69, 9.17) is 9.47 Å². The highest BCUT2D eigenvalue weighted by molar-refractivity contribution is 5.65. The van der Waals surface area contributed by atoms with E-state index in [0.717, 1.165) is 30.8 Å². The number of hydrogen-bond acceptors (Lipinski definition) is 2. The monoisotopic (exact) mass is 322 g/mol. The van der Waals surface area contributed by atoms with Gasteiger partial charge in [-0.15, -0.1) is 0 Å². The minimum atomic E-state index is 0.0680. The SMILES string of the molecule is CCc1ccc2c(c1OC)C1(CCc3ccc(C)c(OC)c31)CC2. The van der Waals surface area contributed by atoms with E-state index in [0.29, 0.717) is 0 Å². The van der Waals surface area contributed by atoms with Crippen LogP contribution < -0.4 is 9.47 Å². The molecule has 2 aromatic carbocycles. The Balaban J connectivity index is 2.03. The summed E-state index contributed by atoms with van der Waals surface area (Å²) >= 11 is 0. The van der Waals surface area contributed by atoms with E-state index in [-0.39, 0.29) is 5.41 Å². The molecule has 0 heterocycles. The van der Waals surface area contributed by atoms with Gasteiger partial charge in [0, 0.05) is 16.5 Å². The first-order chi connectivity index (χ1) is 11.7. The van der Waals surface area contributed by atoms with Crippen molar-refractivity contribution in [1.29, 1.82) is 0 Å². The summed E-state index contributed by atoms with van der Waals surface area (Å²) in [4.78, 5) is 0. The first-order valence-corrected chi connectivity index (χ1v) is 9.02. The predicted molar refractivity (Wildman–Crippen MR) is 97.5 cm³/mol. The maximum absolute atomic E-state index is 5.94. The Labute approximate surface area is 144 Å². The van der Waals surface area contributed by atoms with Crippen LogP contribution in [0.2, 0.25) is 0 Å². The van der Waals surface area contributed by atoms with Crippen LogP contribution in [0.4, 0.5) is 0 Å². The smallest absolute Gasteiger partial charge is 0.126 e. The van der Waals surface area contributed by atoms with Gasteiger partial charge in [-0.25, -0.2) is 0 Å². The maximum atomic E-state index is 5.94. The summed E-state index contributed by atoms with van der Waals surface area (Å²) in [6, 6.07) is 9.08. The predicted octanol–water partition coefficient (Wildman–Crippen LogP) is 4.75. The largest absolute Gasteiger partial charge is 0.496 e. The number of fused-ring (bicyclic) bond motifs is 4. The first-order valence-electron chi connectivity index (χ1n) is 9.02. The molecule has 0 fully saturated rings. The number of benzene rings is 2. The summed E-state index contributed by atoms with van der Waals surface area (Å²) < 4.78 is 11.8. The molecule has 126 valence electrons. The molecule has 2 aliphatic rings. The molecule has 0 saturated carbocycles. The minimum absolute atomic E-state index is 0.0680. The molecule has 0 saturated heterocycles. The molecule has 0 amide bonds. The zero-order valence-electron chi connectivity index (χ0n) is 15.2. The third-order valence-corrected chi connectivity index (χ3v) is 6.15. The van der Waals surface area contributed by atoms with Crippen molar-refractivity contribution in [2.45, 2.75) is 51.4 Å². The zero-order valence-corrected chi connectivity index (χ0v) is 15.2. The van der Waals surface area contributed by atoms with Crippen molar-refractivity contribution in [2.75, 3.05) is 14.2 Å². The van der Waals surface area contributed by atoms with E-state index in [2.05, 4.69) is 38.1 Å². The zero-order chi connectivity index (χ0) is 16.9. The molecule has 2 nitrogen and oxygen atoms in total. The highest BCUT2D eigenvalue weighted by Crippen LogP contribution is 2.58. The number of methoxy groups -OCH3 is 2. The van der Waals surface area contributed by atoms with E-state index >= 15 is 0 Å². The molecule has 0 bridgehead atoms. The fraction of sp³-hybridized carbons (Fsp3) is 0.455. The van der Waals surface area contributed by atoms with E-state index in [9.17, 15) is 0 Å². The second kappa shape index (κ2) is 5.54. The Morgan fingerprint density at radius 3 is 2.04 bits per heavy atom. The molecule has 0 aliphatic heterocycles. The summed E-state index contributed by atoms with van der Waals surface area (Å²) in [5.74, 6) is 2.20. The van der Waals surface area contributed by atoms with Gasteiger partial charge >= 0.3 is 0 Å². The van der Waals surface area contributed by atoms with Crippen molar-refractivity contribution in [3.63, 3.8) is 0 Å². The maximum Gasteiger partial charge on any atom is 0.126 e. The number of ether oxygens (including phenoxy) is 2. The molecule has 1 atom stereocenters. The van der Waals surface area contributed by atoms with Crippen molar-refractivity contribution in [2.24, 2.45) is 0 Å². The van der Waals surface area contributed by atoms with Crippen molar-refractivity contribution < 1.29 is 9.47 Å². The molecule has 4 rings (SSSR count). The molecule has 0 radical (unpaired) electrons. The summed E-state index contributed by atoms with van der Waals surface area (Å²) in [6.07, 6.45) is 5.60. The van der Waals surface area contributed by atoms with Crippen LogP contribution in [0.5, 0.6) is 11.5 Å². The van der Waals surface area contributed by atoms with E-state index in [1.165, 1.54) is 46.2 Å². The van der Waals surface area contributed by atoms with Crippen LogP contribution in [-0.4, -0.2) is 14.2 Å². The number of rotatable bonds is 3. The second-order valence-corrected chi connectivity index (χ2v) is 7.18. The summed E-state index contributed by atoms with van der Waals surface area (Å²) in [7, 11) is 3.63. The van der Waals surface area contributed by atoms with E-state index in [1.807, 2.05) is 14.2 Å². The lowest BCUT2D eigenvalue weighted by Gasteiger charge is -2.31. The average molecular weight is 322 g/mol. The van der Waals surface area contributed by atoms with Gasteiger partial charge in [0.05, 0.1) is 14.2 Å². The van der Waals surface area contributed by atoms with Crippen LogP contribution in [0, 0.1) is 6.92 Å². The van der Waals surface area contributed by atoms with Crippen molar-refractivity contribution in [3.05, 3.63) is 57.6 Å². The Kier molecular flexibility index (Phi) is 3.59. The van der Waals surface area contributed by atoms with Crippen LogP contribution in [-0.2, 0) is 24.7 Å². The van der Waals surface area contributed by atoms with Crippen LogP contribution in [0.3, 0.4) is 0 Å². The van der Waals surface area contributed by atoms with Gasteiger partial charge in [-0.2, -0.15) is 0 Å². The Morgan fingerprint density at radius 1 is 0.875 bits per heavy atom. The summed E-state index contributed by atoms with van der Waals surface area (Å²) in [6.45, 7) is 4.36. The van der Waals surface area contributed by atoms with Gasteiger partial charge in [0.2, 0.25) is 0 Å². The lowest BCUT2D eigenvalue weighted by atomic mass is 9.75. The lowest BCUT2D eigenvalue weighted by Crippen LogP contribution is -2.23. The summed E-state index contributed by atoms with van der Waals surface area (Å²) in [5, 5.41) is 0. The van der Waals surface area contributed by atoms with Gasteiger partial charge in [0.25, 0.3) is 0 Å². The topological polar surface area (TPSA) is 18.5 Å². The quantitative estimate of drug-likeness (QED) is 0.811. The van der Waals surface area contributed by atoms with Crippen LogP contribution in [0.1, 0.15) is 53.1 Å². The third-order valence-electron chi connectivity index (χ3n) is 6.15. The van der Waals surface area contributed by atoms with Gasteiger partial charge in [-0.1, -0.05) is 31.2 Å². The molecule has 0 aromatic heterocycles. The van der Waals surface area contributed by atoms with Gasteiger partial charge in [-0.3, -0.25) is 0 Å². The van der Waals surface area contributed by atoms with Crippen LogP contribution >= 0.6 is 0 Å². The molecular weight excluding hydrogens is 296 g/mol. The fourth-order valence-corrected chi connectivity index (χ4v) is 5.08. The Hall–Kier alpha value is -1.96. The standard InChI is InChI=1S/C22H26O2/c1-5-15-8-9-17-11-13-22(19(17)21(15)24-4)12-10-16-7-6-14(2)20(23-3)18(16)22/h6-9H,5,10-13H2,1-4H3. The van der Waals surface area contributed by atoms with Crippen molar-refractivity contribution in [1.82, 2.24) is 0 Å². The molecule has 1 spiro atoms. The van der Waals surface area contributed by atoms with Gasteiger partial charge in [0.1, 0.15) is 11.5 Å². The molecule has 2 aromatic rings. The van der Waals surface area contributed by atoms with Crippen LogP contribution in [0.25, 0.3) is 0 Å². The molecule has 1 unspecified atom stereocenters. The molecule has 2 heteroatoms. The fourth-order valence-electron chi connectivity index (χ4n) is 5.08. The lowest BCUT2D eigenvalue weighted by molar-refractivity contribution is 0.375. The Morgan fingerprint density at radius 2 is 1.46 bits per heavy atom. The normalized spacial score (nSPS) is 21.0. The van der Waals surface area contributed by atoms with Gasteiger partial charge in [-0.05, 0) is 61.3 Å². The first kappa shape index (κ1) is 15.6. The molecule has 0 N–H and O–H groups in total. The van der Waals surface area contributed by atoms with Gasteiger partial charge in [0.15, 0.2) is 0 Å². The Bertz CT molecular complexity index is 802. The van der Waals surface area contributed by atoms with Crippen molar-refractivity contribution in [3.8, 4) is 11.5 Å². The summed E-state index contributed by atoms with van der Waals surface area (Å²) in [5.41, 5.74) is 8.39. The molecule has 2 aliphatic carbocycles. The van der Waals surface area contributed by atoms with Crippen molar-refractivity contribution >= 4 is 0 Å². The highest BCUT2D eigenvalue weighted by Gasteiger charge is 2.49. The van der Waals surface area contributed by atoms with Gasteiger partial charge < -0.3 is 9.47 Å². The number of aryl methyl sites for hydroxylation is 4. The van der Waals surface area contributed by atoms with Crippen LogP contribution in [0.15, 0.2) is 24.3 Å². The van der Waals surface area contributed by atoms with E-state index < -0.39 is 0 Å².